The van der Waals surface area contributed by atoms with Gasteiger partial charge in [-0.15, -0.1) is 0 Å². The number of carbonyl (C=O) groups is 1. The average molecular weight is 385 g/mol. The number of benzene rings is 2. The van der Waals surface area contributed by atoms with E-state index in [2.05, 4.69) is 31.4 Å². The highest BCUT2D eigenvalue weighted by atomic mass is 16.5. The number of rotatable bonds is 8. The smallest absolute Gasteiger partial charge is 0.319 e. The summed E-state index contributed by atoms with van der Waals surface area (Å²) in [7, 11) is 0. The van der Waals surface area contributed by atoms with Crippen molar-refractivity contribution in [1.82, 2.24) is 5.32 Å². The van der Waals surface area contributed by atoms with Crippen LogP contribution in [0, 0.1) is 0 Å². The summed E-state index contributed by atoms with van der Waals surface area (Å²) in [6.45, 7) is 12.1. The number of carbonyl (C=O) groups excluding carboxylic acids is 1. The molecule has 28 heavy (non-hydrogen) atoms. The van der Waals surface area contributed by atoms with E-state index >= 15 is 0 Å². The second-order valence-electron chi connectivity index (χ2n) is 7.61. The molecule has 0 aromatic heterocycles. The summed E-state index contributed by atoms with van der Waals surface area (Å²) in [6.07, 6.45) is 0.711. The van der Waals surface area contributed by atoms with Gasteiger partial charge < -0.3 is 20.1 Å². The Kier molecular flexibility index (Phi) is 7.73. The van der Waals surface area contributed by atoms with Crippen LogP contribution >= 0.6 is 0 Å². The van der Waals surface area contributed by atoms with Crippen molar-refractivity contribution < 1.29 is 14.3 Å². The minimum Gasteiger partial charge on any atom is -0.490 e. The predicted molar refractivity (Wildman–Crippen MR) is 115 cm³/mol. The van der Waals surface area contributed by atoms with E-state index in [9.17, 15) is 4.79 Å². The maximum absolute atomic E-state index is 12.1. The van der Waals surface area contributed by atoms with Crippen LogP contribution in [-0.4, -0.2) is 25.8 Å². The average Bonchev–Trinajstić information content (AvgIpc) is 2.64. The Morgan fingerprint density at radius 3 is 2.18 bits per heavy atom. The van der Waals surface area contributed by atoms with Crippen molar-refractivity contribution >= 4 is 11.7 Å². The third kappa shape index (κ3) is 6.48. The quantitative estimate of drug-likeness (QED) is 0.662. The van der Waals surface area contributed by atoms with E-state index in [0.29, 0.717) is 26.2 Å². The third-order valence-corrected chi connectivity index (χ3v) is 4.32. The van der Waals surface area contributed by atoms with Crippen LogP contribution < -0.4 is 20.1 Å². The SMILES string of the molecule is CCOc1ccc(CCNC(=O)Nc2ccc(C(C)(C)C)cc2)cc1OCC. The van der Waals surface area contributed by atoms with Gasteiger partial charge in [0.15, 0.2) is 11.5 Å². The molecule has 5 nitrogen and oxygen atoms in total. The summed E-state index contributed by atoms with van der Waals surface area (Å²) in [5.41, 5.74) is 3.20. The van der Waals surface area contributed by atoms with Gasteiger partial charge in [0, 0.05) is 12.2 Å². The number of ether oxygens (including phenoxy) is 2. The maximum atomic E-state index is 12.1. The Balaban J connectivity index is 1.85. The molecule has 0 saturated carbocycles. The molecule has 0 aliphatic carbocycles. The first-order valence-corrected chi connectivity index (χ1v) is 9.87. The van der Waals surface area contributed by atoms with Crippen molar-refractivity contribution in [3.05, 3.63) is 53.6 Å². The molecule has 0 spiro atoms. The Morgan fingerprint density at radius 1 is 0.929 bits per heavy atom. The monoisotopic (exact) mass is 384 g/mol. The first kappa shape index (κ1) is 21.6. The van der Waals surface area contributed by atoms with Gasteiger partial charge in [-0.25, -0.2) is 4.79 Å². The maximum Gasteiger partial charge on any atom is 0.319 e. The molecule has 0 fully saturated rings. The van der Waals surface area contributed by atoms with Gasteiger partial charge >= 0.3 is 6.03 Å². The van der Waals surface area contributed by atoms with Crippen LogP contribution in [0.2, 0.25) is 0 Å². The largest absolute Gasteiger partial charge is 0.490 e. The fourth-order valence-corrected chi connectivity index (χ4v) is 2.80. The summed E-state index contributed by atoms with van der Waals surface area (Å²) < 4.78 is 11.2. The summed E-state index contributed by atoms with van der Waals surface area (Å²) in [5, 5.41) is 5.76. The number of amides is 2. The first-order chi connectivity index (χ1) is 13.3. The second kappa shape index (κ2) is 10.0. The van der Waals surface area contributed by atoms with E-state index in [1.54, 1.807) is 0 Å². The molecule has 0 aliphatic heterocycles. The molecule has 2 amide bonds. The lowest BCUT2D eigenvalue weighted by atomic mass is 9.87. The van der Waals surface area contributed by atoms with E-state index in [1.807, 2.05) is 56.3 Å². The molecule has 0 atom stereocenters. The van der Waals surface area contributed by atoms with Crippen molar-refractivity contribution in [3.8, 4) is 11.5 Å². The summed E-state index contributed by atoms with van der Waals surface area (Å²) in [5.74, 6) is 1.49. The zero-order valence-electron chi connectivity index (χ0n) is 17.6. The zero-order valence-corrected chi connectivity index (χ0v) is 17.6. The van der Waals surface area contributed by atoms with Crippen LogP contribution in [0.25, 0.3) is 0 Å². The van der Waals surface area contributed by atoms with Crippen LogP contribution in [0.4, 0.5) is 10.5 Å². The molecule has 152 valence electrons. The van der Waals surface area contributed by atoms with Crippen LogP contribution in [0.3, 0.4) is 0 Å². The highest BCUT2D eigenvalue weighted by molar-refractivity contribution is 5.89. The van der Waals surface area contributed by atoms with Gasteiger partial charge in [0.1, 0.15) is 0 Å². The lowest BCUT2D eigenvalue weighted by Crippen LogP contribution is -2.30. The number of urea groups is 1. The Morgan fingerprint density at radius 2 is 1.57 bits per heavy atom. The van der Waals surface area contributed by atoms with Crippen molar-refractivity contribution in [3.63, 3.8) is 0 Å². The number of nitrogens with one attached hydrogen (secondary N) is 2. The van der Waals surface area contributed by atoms with Crippen molar-refractivity contribution in [1.29, 1.82) is 0 Å². The number of hydrogen-bond donors (Lipinski definition) is 2. The van der Waals surface area contributed by atoms with Gasteiger partial charge in [0.05, 0.1) is 13.2 Å². The Bertz CT molecular complexity index is 764. The van der Waals surface area contributed by atoms with E-state index < -0.39 is 0 Å². The zero-order chi connectivity index (χ0) is 20.6. The fourth-order valence-electron chi connectivity index (χ4n) is 2.80. The predicted octanol–water partition coefficient (Wildman–Crippen LogP) is 5.15. The molecule has 2 aromatic carbocycles. The van der Waals surface area contributed by atoms with Gasteiger partial charge in [-0.2, -0.15) is 0 Å². The molecule has 0 saturated heterocycles. The lowest BCUT2D eigenvalue weighted by Gasteiger charge is -2.19. The van der Waals surface area contributed by atoms with Crippen LogP contribution in [0.15, 0.2) is 42.5 Å². The molecular weight excluding hydrogens is 352 g/mol. The molecule has 5 heteroatoms. The topological polar surface area (TPSA) is 59.6 Å². The molecule has 2 N–H and O–H groups in total. The van der Waals surface area contributed by atoms with E-state index in [4.69, 9.17) is 9.47 Å². The van der Waals surface area contributed by atoms with Crippen LogP contribution in [0.5, 0.6) is 11.5 Å². The third-order valence-electron chi connectivity index (χ3n) is 4.32. The first-order valence-electron chi connectivity index (χ1n) is 9.87. The van der Waals surface area contributed by atoms with E-state index in [0.717, 1.165) is 22.7 Å². The second-order valence-corrected chi connectivity index (χ2v) is 7.61. The summed E-state index contributed by atoms with van der Waals surface area (Å²) in [4.78, 5) is 12.1. The van der Waals surface area contributed by atoms with Gasteiger partial charge in [-0.3, -0.25) is 0 Å². The summed E-state index contributed by atoms with van der Waals surface area (Å²) >= 11 is 0. The molecule has 0 bridgehead atoms. The minimum absolute atomic E-state index is 0.0961. The minimum atomic E-state index is -0.209. The van der Waals surface area contributed by atoms with Crippen molar-refractivity contribution in [2.45, 2.75) is 46.5 Å². The molecule has 0 radical (unpaired) electrons. The molecule has 0 aliphatic rings. The van der Waals surface area contributed by atoms with Gasteiger partial charge in [0.25, 0.3) is 0 Å². The normalized spacial score (nSPS) is 11.0. The number of anilines is 1. The molecule has 0 heterocycles. The molecule has 2 aromatic rings. The van der Waals surface area contributed by atoms with Crippen molar-refractivity contribution in [2.75, 3.05) is 25.1 Å². The Labute approximate surface area is 168 Å². The molecule has 2 rings (SSSR count). The highest BCUT2D eigenvalue weighted by Gasteiger charge is 2.13. The van der Waals surface area contributed by atoms with Gasteiger partial charge in [-0.1, -0.05) is 39.0 Å². The number of hydrogen-bond acceptors (Lipinski definition) is 3. The lowest BCUT2D eigenvalue weighted by molar-refractivity contribution is 0.252. The molecule has 0 unspecified atom stereocenters. The van der Waals surface area contributed by atoms with E-state index in [-0.39, 0.29) is 11.4 Å². The standard InChI is InChI=1S/C23H32N2O3/c1-6-27-20-13-8-17(16-21(20)28-7-2)14-15-24-22(26)25-19-11-9-18(10-12-19)23(3,4)5/h8-13,16H,6-7,14-15H2,1-5H3,(H2,24,25,26). The van der Waals surface area contributed by atoms with E-state index in [1.165, 1.54) is 5.56 Å². The van der Waals surface area contributed by atoms with Crippen molar-refractivity contribution in [2.24, 2.45) is 0 Å². The molecular formula is C23H32N2O3. The van der Waals surface area contributed by atoms with Crippen LogP contribution in [0.1, 0.15) is 45.7 Å². The van der Waals surface area contributed by atoms with Gasteiger partial charge in [-0.05, 0) is 61.1 Å². The summed E-state index contributed by atoms with van der Waals surface area (Å²) in [6, 6.07) is 13.6. The Hall–Kier alpha value is -2.69. The van der Waals surface area contributed by atoms with Gasteiger partial charge in [0.2, 0.25) is 0 Å². The van der Waals surface area contributed by atoms with Crippen LogP contribution in [-0.2, 0) is 11.8 Å². The fraction of sp³-hybridized carbons (Fsp3) is 0.435. The highest BCUT2D eigenvalue weighted by Crippen LogP contribution is 2.28.